The molecule has 0 N–H and O–H groups in total. The molecule has 0 radical (unpaired) electrons. The minimum absolute atomic E-state index is 0.303. The summed E-state index contributed by atoms with van der Waals surface area (Å²) in [6, 6.07) is 16.5. The molecule has 0 unspecified atom stereocenters. The van der Waals surface area contributed by atoms with Gasteiger partial charge in [0.05, 0.1) is 10.4 Å². The molecule has 130 valence electrons. The molecule has 5 nitrogen and oxygen atoms in total. The number of benzene rings is 2. The van der Waals surface area contributed by atoms with Gasteiger partial charge >= 0.3 is 0 Å². The summed E-state index contributed by atoms with van der Waals surface area (Å²) in [7, 11) is -1.47. The monoisotopic (exact) mass is 355 g/mol. The van der Waals surface area contributed by atoms with Gasteiger partial charge in [0.15, 0.2) is 0 Å². The minimum atomic E-state index is -3.59. The predicted octanol–water partition coefficient (Wildman–Crippen LogP) is 2.63. The lowest BCUT2D eigenvalue weighted by molar-refractivity contribution is 0.313. The van der Waals surface area contributed by atoms with Crippen LogP contribution in [0.15, 0.2) is 65.7 Å². The van der Waals surface area contributed by atoms with E-state index in [1.54, 1.807) is 30.5 Å². The Balaban J connectivity index is 1.77. The molecule has 1 fully saturated rings. The smallest absolute Gasteiger partial charge is 0.268 e. The molecule has 2 aromatic carbocycles. The van der Waals surface area contributed by atoms with E-state index in [4.69, 9.17) is 0 Å². The fourth-order valence-corrected chi connectivity index (χ4v) is 4.64. The van der Waals surface area contributed by atoms with Gasteiger partial charge in [-0.25, -0.2) is 12.4 Å². The molecule has 1 aliphatic heterocycles. The molecule has 0 amide bonds. The number of likely N-dealkylation sites (N-methyl/N-ethyl adjacent to an activating group) is 1. The predicted molar refractivity (Wildman–Crippen MR) is 101 cm³/mol. The van der Waals surface area contributed by atoms with E-state index in [0.717, 1.165) is 42.8 Å². The number of aromatic nitrogens is 1. The quantitative estimate of drug-likeness (QED) is 0.725. The van der Waals surface area contributed by atoms with E-state index >= 15 is 0 Å². The number of anilines is 1. The maximum Gasteiger partial charge on any atom is 0.268 e. The number of hydrogen-bond acceptors (Lipinski definition) is 4. The highest BCUT2D eigenvalue weighted by Crippen LogP contribution is 2.27. The number of nitrogens with zero attached hydrogens (tertiary/aromatic N) is 3. The van der Waals surface area contributed by atoms with Crippen LogP contribution in [0.4, 0.5) is 5.69 Å². The zero-order chi connectivity index (χ0) is 17.4. The molecule has 1 saturated heterocycles. The third-order valence-electron chi connectivity index (χ3n) is 4.81. The van der Waals surface area contributed by atoms with Crippen LogP contribution in [0.1, 0.15) is 0 Å². The summed E-state index contributed by atoms with van der Waals surface area (Å²) < 4.78 is 27.4. The van der Waals surface area contributed by atoms with Crippen molar-refractivity contribution in [3.63, 3.8) is 0 Å². The minimum Gasteiger partial charge on any atom is -0.369 e. The molecule has 3 aromatic rings. The summed E-state index contributed by atoms with van der Waals surface area (Å²) in [6.45, 7) is 3.94. The molecule has 0 atom stereocenters. The van der Waals surface area contributed by atoms with Crippen LogP contribution in [-0.2, 0) is 10.0 Å². The van der Waals surface area contributed by atoms with Crippen LogP contribution >= 0.6 is 0 Å². The molecule has 1 aromatic heterocycles. The van der Waals surface area contributed by atoms with E-state index in [2.05, 4.69) is 22.9 Å². The molecule has 0 spiro atoms. The summed E-state index contributed by atoms with van der Waals surface area (Å²) in [4.78, 5) is 4.92. The normalized spacial score (nSPS) is 16.4. The van der Waals surface area contributed by atoms with Gasteiger partial charge in [-0.3, -0.25) is 0 Å². The van der Waals surface area contributed by atoms with Gasteiger partial charge in [-0.05, 0) is 37.4 Å². The van der Waals surface area contributed by atoms with Crippen molar-refractivity contribution in [1.82, 2.24) is 8.87 Å². The first-order chi connectivity index (χ1) is 12.1. The van der Waals surface area contributed by atoms with Crippen molar-refractivity contribution in [2.75, 3.05) is 38.1 Å². The van der Waals surface area contributed by atoms with Gasteiger partial charge in [0, 0.05) is 43.4 Å². The molecule has 2 heterocycles. The molecule has 1 aliphatic rings. The summed E-state index contributed by atoms with van der Waals surface area (Å²) in [5.41, 5.74) is 1.80. The van der Waals surface area contributed by atoms with Crippen LogP contribution in [0.5, 0.6) is 0 Å². The first-order valence-corrected chi connectivity index (χ1v) is 9.85. The SMILES string of the molecule is CN1CCN(c2ccc3ccn(S(=O)(=O)c4ccccc4)c3c2)CC1. The topological polar surface area (TPSA) is 45.5 Å². The summed E-state index contributed by atoms with van der Waals surface area (Å²) in [5, 5.41) is 0.928. The van der Waals surface area contributed by atoms with Gasteiger partial charge in [0.1, 0.15) is 0 Å². The molecular formula is C19H21N3O2S. The Labute approximate surface area is 148 Å². The van der Waals surface area contributed by atoms with Gasteiger partial charge in [-0.15, -0.1) is 0 Å². The molecule has 6 heteroatoms. The lowest BCUT2D eigenvalue weighted by atomic mass is 10.2. The fraction of sp³-hybridized carbons (Fsp3) is 0.263. The van der Waals surface area contributed by atoms with E-state index in [1.807, 2.05) is 24.3 Å². The second-order valence-electron chi connectivity index (χ2n) is 6.46. The number of piperazine rings is 1. The fourth-order valence-electron chi connectivity index (χ4n) is 3.27. The van der Waals surface area contributed by atoms with E-state index in [9.17, 15) is 8.42 Å². The lowest BCUT2D eigenvalue weighted by Crippen LogP contribution is -2.44. The average molecular weight is 355 g/mol. The lowest BCUT2D eigenvalue weighted by Gasteiger charge is -2.34. The third kappa shape index (κ3) is 2.92. The van der Waals surface area contributed by atoms with Crippen molar-refractivity contribution in [2.24, 2.45) is 0 Å². The third-order valence-corrected chi connectivity index (χ3v) is 6.51. The van der Waals surface area contributed by atoms with Crippen LogP contribution in [0.25, 0.3) is 10.9 Å². The van der Waals surface area contributed by atoms with E-state index in [1.165, 1.54) is 3.97 Å². The number of hydrogen-bond donors (Lipinski definition) is 0. The van der Waals surface area contributed by atoms with Crippen molar-refractivity contribution in [3.8, 4) is 0 Å². The van der Waals surface area contributed by atoms with Gasteiger partial charge in [-0.2, -0.15) is 0 Å². The average Bonchev–Trinajstić information content (AvgIpc) is 3.07. The molecule has 25 heavy (non-hydrogen) atoms. The molecule has 0 bridgehead atoms. The van der Waals surface area contributed by atoms with Crippen LogP contribution < -0.4 is 4.90 Å². The Kier molecular flexibility index (Phi) is 4.01. The highest BCUT2D eigenvalue weighted by Gasteiger charge is 2.20. The largest absolute Gasteiger partial charge is 0.369 e. The van der Waals surface area contributed by atoms with Crippen molar-refractivity contribution < 1.29 is 8.42 Å². The van der Waals surface area contributed by atoms with Gasteiger partial charge in [0.25, 0.3) is 10.0 Å². The number of fused-ring (bicyclic) bond motifs is 1. The van der Waals surface area contributed by atoms with E-state index in [0.29, 0.717) is 4.90 Å². The Bertz CT molecular complexity index is 988. The maximum atomic E-state index is 13.0. The summed E-state index contributed by atoms with van der Waals surface area (Å²) in [5.74, 6) is 0. The second kappa shape index (κ2) is 6.20. The Morgan fingerprint density at radius 3 is 2.32 bits per heavy atom. The Morgan fingerprint density at radius 1 is 0.880 bits per heavy atom. The molecule has 4 rings (SSSR count). The van der Waals surface area contributed by atoms with E-state index < -0.39 is 10.0 Å². The van der Waals surface area contributed by atoms with Gasteiger partial charge in [0.2, 0.25) is 0 Å². The summed E-state index contributed by atoms with van der Waals surface area (Å²) in [6.07, 6.45) is 1.64. The second-order valence-corrected chi connectivity index (χ2v) is 8.28. The molecule has 0 saturated carbocycles. The molecular weight excluding hydrogens is 334 g/mol. The highest BCUT2D eigenvalue weighted by molar-refractivity contribution is 7.90. The van der Waals surface area contributed by atoms with Crippen LogP contribution in [0.3, 0.4) is 0 Å². The first-order valence-electron chi connectivity index (χ1n) is 8.41. The van der Waals surface area contributed by atoms with Crippen LogP contribution in [0, 0.1) is 0 Å². The molecule has 0 aliphatic carbocycles. The van der Waals surface area contributed by atoms with Crippen molar-refractivity contribution in [3.05, 3.63) is 60.8 Å². The van der Waals surface area contributed by atoms with Crippen molar-refractivity contribution in [2.45, 2.75) is 4.90 Å². The van der Waals surface area contributed by atoms with Crippen molar-refractivity contribution >= 4 is 26.6 Å². The van der Waals surface area contributed by atoms with Crippen LogP contribution in [0.2, 0.25) is 0 Å². The first kappa shape index (κ1) is 16.2. The van der Waals surface area contributed by atoms with Crippen molar-refractivity contribution in [1.29, 1.82) is 0 Å². The zero-order valence-electron chi connectivity index (χ0n) is 14.2. The number of rotatable bonds is 3. The maximum absolute atomic E-state index is 13.0. The summed E-state index contributed by atoms with van der Waals surface area (Å²) >= 11 is 0. The standard InChI is InChI=1S/C19H21N3O2S/c1-20-11-13-21(14-12-20)17-8-7-16-9-10-22(19(16)15-17)25(23,24)18-5-3-2-4-6-18/h2-10,15H,11-14H2,1H3. The zero-order valence-corrected chi connectivity index (χ0v) is 15.0. The van der Waals surface area contributed by atoms with Gasteiger partial charge in [-0.1, -0.05) is 24.3 Å². The Hall–Kier alpha value is -2.31. The van der Waals surface area contributed by atoms with Crippen LogP contribution in [-0.4, -0.2) is 50.5 Å². The Morgan fingerprint density at radius 2 is 1.60 bits per heavy atom. The highest BCUT2D eigenvalue weighted by atomic mass is 32.2. The van der Waals surface area contributed by atoms with E-state index in [-0.39, 0.29) is 0 Å². The van der Waals surface area contributed by atoms with Gasteiger partial charge < -0.3 is 9.80 Å².